The molecule has 0 aliphatic carbocycles. The minimum Gasteiger partial charge on any atom is -0.387 e. The van der Waals surface area contributed by atoms with Crippen LogP contribution in [0.2, 0.25) is 0 Å². The standard InChI is InChI=1S/C6H11NO3/c1-3-6(9)4-10-7-5(2)8/h3,6,9H,1,4H2,2H3,(H,7,8)/t6-/m0/s1. The molecule has 0 aromatic heterocycles. The van der Waals surface area contributed by atoms with Gasteiger partial charge in [0.05, 0.1) is 6.10 Å². The summed E-state index contributed by atoms with van der Waals surface area (Å²) in [5, 5.41) is 8.78. The van der Waals surface area contributed by atoms with Crippen LogP contribution in [0.3, 0.4) is 0 Å². The summed E-state index contributed by atoms with van der Waals surface area (Å²) in [5.74, 6) is -0.295. The molecule has 0 aliphatic heterocycles. The third-order valence-corrected chi connectivity index (χ3v) is 0.742. The van der Waals surface area contributed by atoms with E-state index in [2.05, 4.69) is 16.9 Å². The summed E-state index contributed by atoms with van der Waals surface area (Å²) in [6, 6.07) is 0. The Hall–Kier alpha value is -0.870. The Labute approximate surface area is 59.4 Å². The molecule has 0 fully saturated rings. The number of aliphatic hydroxyl groups excluding tert-OH is 1. The molecule has 0 saturated heterocycles. The smallest absolute Gasteiger partial charge is 0.240 e. The highest BCUT2D eigenvalue weighted by Crippen LogP contribution is 1.82. The van der Waals surface area contributed by atoms with Crippen molar-refractivity contribution < 1.29 is 14.7 Å². The van der Waals surface area contributed by atoms with Gasteiger partial charge < -0.3 is 5.11 Å². The van der Waals surface area contributed by atoms with Crippen molar-refractivity contribution in [3.8, 4) is 0 Å². The lowest BCUT2D eigenvalue weighted by molar-refractivity contribution is -0.132. The first kappa shape index (κ1) is 9.13. The average Bonchev–Trinajstić information content (AvgIpc) is 1.87. The highest BCUT2D eigenvalue weighted by molar-refractivity contribution is 5.71. The van der Waals surface area contributed by atoms with Crippen molar-refractivity contribution in [2.75, 3.05) is 6.61 Å². The SMILES string of the molecule is C=C[C@H](O)CONC(C)=O. The van der Waals surface area contributed by atoms with Gasteiger partial charge in [0.2, 0.25) is 5.91 Å². The molecule has 1 amide bonds. The Balaban J connectivity index is 3.19. The van der Waals surface area contributed by atoms with Gasteiger partial charge in [-0.15, -0.1) is 6.58 Å². The summed E-state index contributed by atoms with van der Waals surface area (Å²) in [6.45, 7) is 4.67. The second kappa shape index (κ2) is 4.96. The number of hydrogen-bond donors (Lipinski definition) is 2. The van der Waals surface area contributed by atoms with Crippen molar-refractivity contribution in [3.05, 3.63) is 12.7 Å². The molecule has 2 N–H and O–H groups in total. The molecule has 0 aliphatic rings. The molecule has 1 atom stereocenters. The molecule has 0 aromatic rings. The molecular weight excluding hydrogens is 134 g/mol. The second-order valence-electron chi connectivity index (χ2n) is 1.77. The van der Waals surface area contributed by atoms with Gasteiger partial charge in [-0.25, -0.2) is 5.48 Å². The number of hydroxylamine groups is 1. The predicted molar refractivity (Wildman–Crippen MR) is 36.0 cm³/mol. The molecule has 0 aromatic carbocycles. The molecule has 0 bridgehead atoms. The Kier molecular flexibility index (Phi) is 4.53. The van der Waals surface area contributed by atoms with Crippen LogP contribution in [0.5, 0.6) is 0 Å². The summed E-state index contributed by atoms with van der Waals surface area (Å²) in [5.41, 5.74) is 2.06. The van der Waals surface area contributed by atoms with E-state index >= 15 is 0 Å². The maximum atomic E-state index is 10.2. The summed E-state index contributed by atoms with van der Waals surface area (Å²) in [7, 11) is 0. The normalized spacial score (nSPS) is 12.2. The summed E-state index contributed by atoms with van der Waals surface area (Å²) in [6.07, 6.45) is 0.591. The molecule has 0 spiro atoms. The molecule has 0 heterocycles. The first-order valence-corrected chi connectivity index (χ1v) is 2.85. The third kappa shape index (κ3) is 5.27. The number of nitrogens with one attached hydrogen (secondary N) is 1. The minimum absolute atomic E-state index is 0.0308. The van der Waals surface area contributed by atoms with Crippen LogP contribution < -0.4 is 5.48 Å². The predicted octanol–water partition coefficient (Wildman–Crippen LogP) is -0.399. The van der Waals surface area contributed by atoms with E-state index in [-0.39, 0.29) is 12.5 Å². The average molecular weight is 145 g/mol. The van der Waals surface area contributed by atoms with Crippen molar-refractivity contribution in [2.24, 2.45) is 0 Å². The van der Waals surface area contributed by atoms with Crippen molar-refractivity contribution in [1.82, 2.24) is 5.48 Å². The van der Waals surface area contributed by atoms with Crippen LogP contribution in [0.15, 0.2) is 12.7 Å². The maximum absolute atomic E-state index is 10.2. The van der Waals surface area contributed by atoms with Crippen LogP contribution >= 0.6 is 0 Å². The van der Waals surface area contributed by atoms with E-state index in [1.807, 2.05) is 0 Å². The van der Waals surface area contributed by atoms with Crippen molar-refractivity contribution in [3.63, 3.8) is 0 Å². The molecule has 10 heavy (non-hydrogen) atoms. The van der Waals surface area contributed by atoms with Gasteiger partial charge >= 0.3 is 0 Å². The van der Waals surface area contributed by atoms with Gasteiger partial charge in [0.15, 0.2) is 0 Å². The van der Waals surface area contributed by atoms with Crippen LogP contribution in [0, 0.1) is 0 Å². The van der Waals surface area contributed by atoms with Crippen LogP contribution in [-0.4, -0.2) is 23.7 Å². The third-order valence-electron chi connectivity index (χ3n) is 0.742. The highest BCUT2D eigenvalue weighted by atomic mass is 16.7. The first-order valence-electron chi connectivity index (χ1n) is 2.85. The first-order chi connectivity index (χ1) is 4.66. The Morgan fingerprint density at radius 3 is 3.00 bits per heavy atom. The Morgan fingerprint density at radius 2 is 2.60 bits per heavy atom. The van der Waals surface area contributed by atoms with Gasteiger partial charge in [-0.05, 0) is 0 Å². The van der Waals surface area contributed by atoms with Crippen LogP contribution in [0.25, 0.3) is 0 Å². The van der Waals surface area contributed by atoms with Crippen LogP contribution in [0.1, 0.15) is 6.92 Å². The fraction of sp³-hybridized carbons (Fsp3) is 0.500. The molecule has 4 nitrogen and oxygen atoms in total. The monoisotopic (exact) mass is 145 g/mol. The van der Waals surface area contributed by atoms with Gasteiger partial charge in [-0.1, -0.05) is 6.08 Å². The Bertz CT molecular complexity index is 124. The molecule has 58 valence electrons. The van der Waals surface area contributed by atoms with Crippen LogP contribution in [-0.2, 0) is 9.63 Å². The van der Waals surface area contributed by atoms with E-state index < -0.39 is 6.10 Å². The van der Waals surface area contributed by atoms with E-state index in [1.165, 1.54) is 13.0 Å². The summed E-state index contributed by atoms with van der Waals surface area (Å²) < 4.78 is 0. The fourth-order valence-corrected chi connectivity index (χ4v) is 0.297. The number of rotatable bonds is 4. The highest BCUT2D eigenvalue weighted by Gasteiger charge is 1.97. The van der Waals surface area contributed by atoms with Gasteiger partial charge in [-0.3, -0.25) is 9.63 Å². The zero-order valence-electron chi connectivity index (χ0n) is 5.83. The molecular formula is C6H11NO3. The number of hydrogen-bond acceptors (Lipinski definition) is 3. The molecule has 0 unspecified atom stereocenters. The zero-order chi connectivity index (χ0) is 7.98. The molecule has 0 radical (unpaired) electrons. The lowest BCUT2D eigenvalue weighted by Gasteiger charge is -2.04. The van der Waals surface area contributed by atoms with E-state index in [9.17, 15) is 4.79 Å². The Morgan fingerprint density at radius 1 is 2.00 bits per heavy atom. The van der Waals surface area contributed by atoms with Gasteiger partial charge in [0.1, 0.15) is 6.61 Å². The topological polar surface area (TPSA) is 58.6 Å². The van der Waals surface area contributed by atoms with Crippen molar-refractivity contribution in [2.45, 2.75) is 13.0 Å². The van der Waals surface area contributed by atoms with Gasteiger partial charge in [0.25, 0.3) is 0 Å². The van der Waals surface area contributed by atoms with E-state index in [0.717, 1.165) is 0 Å². The van der Waals surface area contributed by atoms with E-state index in [4.69, 9.17) is 5.11 Å². The number of carbonyl (C=O) groups is 1. The zero-order valence-corrected chi connectivity index (χ0v) is 5.83. The quantitative estimate of drug-likeness (QED) is 0.418. The van der Waals surface area contributed by atoms with Gasteiger partial charge in [0, 0.05) is 6.92 Å². The van der Waals surface area contributed by atoms with Crippen molar-refractivity contribution >= 4 is 5.91 Å². The summed E-state index contributed by atoms with van der Waals surface area (Å²) >= 11 is 0. The number of amides is 1. The van der Waals surface area contributed by atoms with Crippen molar-refractivity contribution in [1.29, 1.82) is 0 Å². The second-order valence-corrected chi connectivity index (χ2v) is 1.77. The van der Waals surface area contributed by atoms with Gasteiger partial charge in [-0.2, -0.15) is 0 Å². The van der Waals surface area contributed by atoms with E-state index in [1.54, 1.807) is 0 Å². The molecule has 4 heteroatoms. The van der Waals surface area contributed by atoms with E-state index in [0.29, 0.717) is 0 Å². The van der Waals surface area contributed by atoms with Crippen LogP contribution in [0.4, 0.5) is 0 Å². The number of carbonyl (C=O) groups excluding carboxylic acids is 1. The fourth-order valence-electron chi connectivity index (χ4n) is 0.297. The molecule has 0 saturated carbocycles. The molecule has 0 rings (SSSR count). The lowest BCUT2D eigenvalue weighted by Crippen LogP contribution is -2.25. The summed E-state index contributed by atoms with van der Waals surface area (Å²) in [4.78, 5) is 14.7. The minimum atomic E-state index is -0.730. The largest absolute Gasteiger partial charge is 0.387 e. The lowest BCUT2D eigenvalue weighted by atomic mass is 10.4. The number of aliphatic hydroxyl groups is 1. The maximum Gasteiger partial charge on any atom is 0.240 e.